The molecule has 2 aromatic carbocycles. The molecule has 1 aromatic heterocycles. The molecule has 0 fully saturated rings. The van der Waals surface area contributed by atoms with Gasteiger partial charge in [-0.3, -0.25) is 0 Å². The molecule has 0 amide bonds. The fourth-order valence-electron chi connectivity index (χ4n) is 2.01. The summed E-state index contributed by atoms with van der Waals surface area (Å²) in [7, 11) is 1.43. The molecule has 0 aliphatic heterocycles. The summed E-state index contributed by atoms with van der Waals surface area (Å²) in [6.07, 6.45) is 0. The zero-order valence-corrected chi connectivity index (χ0v) is 12.0. The molecule has 0 saturated carbocycles. The van der Waals surface area contributed by atoms with Crippen molar-refractivity contribution >= 4 is 11.3 Å². The standard InChI is InChI=1S/C16H12FNO2S/c1-20-15-7-6-10(8-12(15)17)13-9-21-16(18-13)11-4-2-3-5-14(11)19/h2-9,19H,1H3. The van der Waals surface area contributed by atoms with E-state index in [1.54, 1.807) is 30.3 Å². The van der Waals surface area contributed by atoms with Crippen LogP contribution in [0.3, 0.4) is 0 Å². The number of phenolic OH excluding ortho intramolecular Hbond substituents is 1. The van der Waals surface area contributed by atoms with E-state index in [0.717, 1.165) is 0 Å². The Balaban J connectivity index is 1.99. The van der Waals surface area contributed by atoms with E-state index in [2.05, 4.69) is 4.98 Å². The van der Waals surface area contributed by atoms with Crippen molar-refractivity contribution in [2.45, 2.75) is 0 Å². The van der Waals surface area contributed by atoms with E-state index in [9.17, 15) is 9.50 Å². The van der Waals surface area contributed by atoms with E-state index in [0.29, 0.717) is 21.8 Å². The number of benzene rings is 2. The first-order chi connectivity index (χ1) is 10.2. The lowest BCUT2D eigenvalue weighted by atomic mass is 10.1. The van der Waals surface area contributed by atoms with Crippen molar-refractivity contribution in [1.29, 1.82) is 0 Å². The SMILES string of the molecule is COc1ccc(-c2csc(-c3ccccc3O)n2)cc1F. The predicted molar refractivity (Wildman–Crippen MR) is 81.2 cm³/mol. The Hall–Kier alpha value is -2.40. The number of thiazole rings is 1. The van der Waals surface area contributed by atoms with Crippen molar-refractivity contribution < 1.29 is 14.2 Å². The van der Waals surface area contributed by atoms with Crippen molar-refractivity contribution in [3.05, 3.63) is 53.7 Å². The minimum atomic E-state index is -0.424. The Kier molecular flexibility index (Phi) is 3.58. The molecule has 0 saturated heterocycles. The van der Waals surface area contributed by atoms with Crippen molar-refractivity contribution in [1.82, 2.24) is 4.98 Å². The second-order valence-electron chi connectivity index (χ2n) is 4.40. The molecule has 3 nitrogen and oxygen atoms in total. The minimum absolute atomic E-state index is 0.180. The molecule has 0 atom stereocenters. The number of methoxy groups -OCH3 is 1. The normalized spacial score (nSPS) is 10.6. The summed E-state index contributed by atoms with van der Waals surface area (Å²) in [6, 6.07) is 11.7. The highest BCUT2D eigenvalue weighted by atomic mass is 32.1. The van der Waals surface area contributed by atoms with Gasteiger partial charge >= 0.3 is 0 Å². The Morgan fingerprint density at radius 3 is 2.71 bits per heavy atom. The number of aromatic nitrogens is 1. The van der Waals surface area contributed by atoms with E-state index < -0.39 is 5.82 Å². The zero-order chi connectivity index (χ0) is 14.8. The average molecular weight is 301 g/mol. The fraction of sp³-hybridized carbons (Fsp3) is 0.0625. The predicted octanol–water partition coefficient (Wildman–Crippen LogP) is 4.33. The fourth-order valence-corrected chi connectivity index (χ4v) is 2.87. The maximum absolute atomic E-state index is 13.7. The molecule has 106 valence electrons. The first-order valence-electron chi connectivity index (χ1n) is 6.27. The molecule has 1 heterocycles. The van der Waals surface area contributed by atoms with Gasteiger partial charge in [0.05, 0.1) is 18.4 Å². The Labute approximate surface area is 125 Å². The lowest BCUT2D eigenvalue weighted by molar-refractivity contribution is 0.386. The number of para-hydroxylation sites is 1. The molecular formula is C16H12FNO2S. The quantitative estimate of drug-likeness (QED) is 0.783. The molecule has 3 aromatic rings. The van der Waals surface area contributed by atoms with Gasteiger partial charge in [-0.2, -0.15) is 0 Å². The van der Waals surface area contributed by atoms with Gasteiger partial charge in [0.2, 0.25) is 0 Å². The van der Waals surface area contributed by atoms with Gasteiger partial charge in [-0.25, -0.2) is 9.37 Å². The van der Waals surface area contributed by atoms with Crippen molar-refractivity contribution in [2.24, 2.45) is 0 Å². The monoisotopic (exact) mass is 301 g/mol. The Morgan fingerprint density at radius 2 is 2.00 bits per heavy atom. The van der Waals surface area contributed by atoms with Gasteiger partial charge < -0.3 is 9.84 Å². The molecule has 1 N–H and O–H groups in total. The van der Waals surface area contributed by atoms with Crippen LogP contribution in [-0.2, 0) is 0 Å². The summed E-state index contributed by atoms with van der Waals surface area (Å²) in [5.41, 5.74) is 2.01. The van der Waals surface area contributed by atoms with Crippen LogP contribution in [0.15, 0.2) is 47.8 Å². The number of hydrogen-bond acceptors (Lipinski definition) is 4. The van der Waals surface area contributed by atoms with E-state index in [-0.39, 0.29) is 11.5 Å². The summed E-state index contributed by atoms with van der Waals surface area (Å²) in [5.74, 6) is -0.0404. The third-order valence-corrected chi connectivity index (χ3v) is 3.96. The van der Waals surface area contributed by atoms with Gasteiger partial charge in [-0.05, 0) is 30.3 Å². The van der Waals surface area contributed by atoms with Gasteiger partial charge in [-0.15, -0.1) is 11.3 Å². The summed E-state index contributed by atoms with van der Waals surface area (Å²) in [4.78, 5) is 4.46. The van der Waals surface area contributed by atoms with Crippen molar-refractivity contribution in [2.75, 3.05) is 7.11 Å². The number of halogens is 1. The molecule has 5 heteroatoms. The highest BCUT2D eigenvalue weighted by molar-refractivity contribution is 7.13. The maximum atomic E-state index is 13.7. The van der Waals surface area contributed by atoms with Crippen molar-refractivity contribution in [3.63, 3.8) is 0 Å². The highest BCUT2D eigenvalue weighted by Crippen LogP contribution is 2.34. The van der Waals surface area contributed by atoms with Crippen LogP contribution >= 0.6 is 11.3 Å². The van der Waals surface area contributed by atoms with Gasteiger partial charge in [-0.1, -0.05) is 12.1 Å². The number of hydrogen-bond donors (Lipinski definition) is 1. The summed E-state index contributed by atoms with van der Waals surface area (Å²) < 4.78 is 18.6. The van der Waals surface area contributed by atoms with Crippen LogP contribution in [0.4, 0.5) is 4.39 Å². The van der Waals surface area contributed by atoms with Gasteiger partial charge in [0.1, 0.15) is 10.8 Å². The third kappa shape index (κ3) is 2.60. The highest BCUT2D eigenvalue weighted by Gasteiger charge is 2.11. The largest absolute Gasteiger partial charge is 0.507 e. The number of aromatic hydroxyl groups is 1. The molecule has 21 heavy (non-hydrogen) atoms. The summed E-state index contributed by atoms with van der Waals surface area (Å²) in [5, 5.41) is 12.4. The maximum Gasteiger partial charge on any atom is 0.165 e. The van der Waals surface area contributed by atoms with Gasteiger partial charge in [0.25, 0.3) is 0 Å². The van der Waals surface area contributed by atoms with Crippen LogP contribution in [0.5, 0.6) is 11.5 Å². The second kappa shape index (κ2) is 5.54. The minimum Gasteiger partial charge on any atom is -0.507 e. The van der Waals surface area contributed by atoms with E-state index >= 15 is 0 Å². The first kappa shape index (κ1) is 13.6. The molecular weight excluding hydrogens is 289 g/mol. The van der Waals surface area contributed by atoms with Crippen molar-refractivity contribution in [3.8, 4) is 33.3 Å². The van der Waals surface area contributed by atoms with Crippen LogP contribution in [-0.4, -0.2) is 17.2 Å². The zero-order valence-electron chi connectivity index (χ0n) is 11.2. The van der Waals surface area contributed by atoms with Crippen LogP contribution in [0.25, 0.3) is 21.8 Å². The number of ether oxygens (including phenoxy) is 1. The molecule has 0 unspecified atom stereocenters. The van der Waals surface area contributed by atoms with Gasteiger partial charge in [0.15, 0.2) is 11.6 Å². The summed E-state index contributed by atoms with van der Waals surface area (Å²) in [6.45, 7) is 0. The smallest absolute Gasteiger partial charge is 0.165 e. The van der Waals surface area contributed by atoms with E-state index in [1.165, 1.54) is 24.5 Å². The summed E-state index contributed by atoms with van der Waals surface area (Å²) >= 11 is 1.40. The molecule has 0 aliphatic carbocycles. The Bertz CT molecular complexity index is 785. The van der Waals surface area contributed by atoms with Crippen LogP contribution in [0.2, 0.25) is 0 Å². The Morgan fingerprint density at radius 1 is 1.19 bits per heavy atom. The molecule has 0 radical (unpaired) electrons. The molecule has 0 spiro atoms. The lowest BCUT2D eigenvalue weighted by Crippen LogP contribution is -1.88. The number of rotatable bonds is 3. The lowest BCUT2D eigenvalue weighted by Gasteiger charge is -2.03. The van der Waals surface area contributed by atoms with Gasteiger partial charge in [0, 0.05) is 10.9 Å². The second-order valence-corrected chi connectivity index (χ2v) is 5.26. The topological polar surface area (TPSA) is 42.4 Å². The van der Waals surface area contributed by atoms with E-state index in [4.69, 9.17) is 4.74 Å². The molecule has 0 aliphatic rings. The third-order valence-electron chi connectivity index (χ3n) is 3.09. The average Bonchev–Trinajstić information content (AvgIpc) is 2.97. The first-order valence-corrected chi connectivity index (χ1v) is 7.15. The molecule has 3 rings (SSSR count). The number of phenols is 1. The van der Waals surface area contributed by atoms with Crippen LogP contribution < -0.4 is 4.74 Å². The van der Waals surface area contributed by atoms with Crippen LogP contribution in [0.1, 0.15) is 0 Å². The number of nitrogens with zero attached hydrogens (tertiary/aromatic N) is 1. The van der Waals surface area contributed by atoms with Crippen LogP contribution in [0, 0.1) is 5.82 Å². The molecule has 0 bridgehead atoms. The van der Waals surface area contributed by atoms with E-state index in [1.807, 2.05) is 11.4 Å².